The van der Waals surface area contributed by atoms with Gasteiger partial charge in [0.05, 0.1) is 19.4 Å². The Bertz CT molecular complexity index is 666. The van der Waals surface area contributed by atoms with Gasteiger partial charge in [0.25, 0.3) is 5.91 Å². The zero-order valence-electron chi connectivity index (χ0n) is 13.0. The molecule has 0 radical (unpaired) electrons. The predicted molar refractivity (Wildman–Crippen MR) is 82.2 cm³/mol. The SMILES string of the molecule is CCOC(=O)Cn1ncc(NC(=O)c2ccc(OCC)cc2)n1. The minimum atomic E-state index is -0.438. The van der Waals surface area contributed by atoms with Crippen LogP contribution in [0.4, 0.5) is 5.82 Å². The third-order valence-corrected chi connectivity index (χ3v) is 2.78. The third kappa shape index (κ3) is 4.80. The van der Waals surface area contributed by atoms with Gasteiger partial charge >= 0.3 is 5.97 Å². The standard InChI is InChI=1S/C15H18N4O4/c1-3-22-12-7-5-11(6-8-12)15(21)17-13-9-16-19(18-13)10-14(20)23-4-2/h5-9H,3-4,10H2,1-2H3,(H,17,18,21). The second-order valence-corrected chi connectivity index (χ2v) is 4.48. The Hall–Kier alpha value is -2.90. The lowest BCUT2D eigenvalue weighted by Crippen LogP contribution is -2.16. The van der Waals surface area contributed by atoms with Crippen LogP contribution < -0.4 is 10.1 Å². The van der Waals surface area contributed by atoms with Gasteiger partial charge in [-0.05, 0) is 38.1 Å². The molecule has 2 rings (SSSR count). The van der Waals surface area contributed by atoms with E-state index in [4.69, 9.17) is 9.47 Å². The van der Waals surface area contributed by atoms with Crippen molar-refractivity contribution >= 4 is 17.7 Å². The van der Waals surface area contributed by atoms with E-state index in [2.05, 4.69) is 15.5 Å². The average Bonchev–Trinajstić information content (AvgIpc) is 2.95. The summed E-state index contributed by atoms with van der Waals surface area (Å²) in [5.74, 6) is 0.196. The fraction of sp³-hybridized carbons (Fsp3) is 0.333. The Morgan fingerprint density at radius 3 is 2.57 bits per heavy atom. The van der Waals surface area contributed by atoms with Crippen LogP contribution in [0.25, 0.3) is 0 Å². The van der Waals surface area contributed by atoms with Crippen LogP contribution in [-0.4, -0.2) is 40.1 Å². The van der Waals surface area contributed by atoms with E-state index in [1.807, 2.05) is 6.92 Å². The molecule has 2 aromatic rings. The molecule has 0 saturated carbocycles. The molecule has 8 nitrogen and oxygen atoms in total. The highest BCUT2D eigenvalue weighted by atomic mass is 16.5. The lowest BCUT2D eigenvalue weighted by atomic mass is 10.2. The molecular weight excluding hydrogens is 300 g/mol. The van der Waals surface area contributed by atoms with Crippen LogP contribution in [-0.2, 0) is 16.1 Å². The summed E-state index contributed by atoms with van der Waals surface area (Å²) in [5.41, 5.74) is 0.466. The number of carbonyl (C=O) groups is 2. The number of carbonyl (C=O) groups excluding carboxylic acids is 2. The molecule has 1 aromatic carbocycles. The number of hydrogen-bond donors (Lipinski definition) is 1. The normalized spacial score (nSPS) is 10.2. The summed E-state index contributed by atoms with van der Waals surface area (Å²) >= 11 is 0. The van der Waals surface area contributed by atoms with Crippen molar-refractivity contribution in [1.82, 2.24) is 15.0 Å². The first-order valence-electron chi connectivity index (χ1n) is 7.22. The molecule has 1 aromatic heterocycles. The Morgan fingerprint density at radius 1 is 1.17 bits per heavy atom. The number of nitrogens with zero attached hydrogens (tertiary/aromatic N) is 3. The molecule has 1 heterocycles. The number of anilines is 1. The molecule has 0 aliphatic carbocycles. The summed E-state index contributed by atoms with van der Waals surface area (Å²) < 4.78 is 10.1. The van der Waals surface area contributed by atoms with Crippen LogP contribution in [0.5, 0.6) is 5.75 Å². The monoisotopic (exact) mass is 318 g/mol. The van der Waals surface area contributed by atoms with E-state index in [1.165, 1.54) is 6.20 Å². The molecule has 0 aliphatic rings. The molecule has 23 heavy (non-hydrogen) atoms. The van der Waals surface area contributed by atoms with E-state index in [0.717, 1.165) is 4.80 Å². The molecule has 0 fully saturated rings. The number of nitrogens with one attached hydrogen (secondary N) is 1. The van der Waals surface area contributed by atoms with E-state index < -0.39 is 5.97 Å². The molecule has 0 atom stereocenters. The maximum Gasteiger partial charge on any atom is 0.329 e. The van der Waals surface area contributed by atoms with E-state index in [1.54, 1.807) is 31.2 Å². The van der Waals surface area contributed by atoms with Crippen molar-refractivity contribution in [2.24, 2.45) is 0 Å². The lowest BCUT2D eigenvalue weighted by Gasteiger charge is -2.04. The molecule has 0 saturated heterocycles. The second-order valence-electron chi connectivity index (χ2n) is 4.48. The maximum absolute atomic E-state index is 12.1. The smallest absolute Gasteiger partial charge is 0.329 e. The largest absolute Gasteiger partial charge is 0.494 e. The molecule has 0 aliphatic heterocycles. The predicted octanol–water partition coefficient (Wildman–Crippen LogP) is 1.49. The van der Waals surface area contributed by atoms with E-state index in [9.17, 15) is 9.59 Å². The molecule has 8 heteroatoms. The second kappa shape index (κ2) is 7.92. The van der Waals surface area contributed by atoms with Crippen LogP contribution in [0.2, 0.25) is 0 Å². The number of aromatic nitrogens is 3. The first-order chi connectivity index (χ1) is 11.1. The van der Waals surface area contributed by atoms with Crippen LogP contribution in [0.3, 0.4) is 0 Å². The molecule has 0 unspecified atom stereocenters. The van der Waals surface area contributed by atoms with E-state index in [-0.39, 0.29) is 18.3 Å². The van der Waals surface area contributed by atoms with Crippen molar-refractivity contribution in [2.75, 3.05) is 18.5 Å². The van der Waals surface area contributed by atoms with Crippen molar-refractivity contribution in [3.8, 4) is 5.75 Å². The zero-order chi connectivity index (χ0) is 16.7. The van der Waals surface area contributed by atoms with Gasteiger partial charge in [-0.3, -0.25) is 4.79 Å². The summed E-state index contributed by atoms with van der Waals surface area (Å²) in [6, 6.07) is 6.75. The van der Waals surface area contributed by atoms with Gasteiger partial charge in [-0.15, -0.1) is 5.10 Å². The Kier molecular flexibility index (Phi) is 5.67. The number of rotatable bonds is 7. The average molecular weight is 318 g/mol. The minimum Gasteiger partial charge on any atom is -0.494 e. The molecule has 122 valence electrons. The van der Waals surface area contributed by atoms with Crippen molar-refractivity contribution in [2.45, 2.75) is 20.4 Å². The summed E-state index contributed by atoms with van der Waals surface area (Å²) in [4.78, 5) is 24.6. The van der Waals surface area contributed by atoms with Crippen molar-refractivity contribution in [3.05, 3.63) is 36.0 Å². The van der Waals surface area contributed by atoms with Crippen molar-refractivity contribution in [1.29, 1.82) is 0 Å². The Balaban J connectivity index is 1.95. The van der Waals surface area contributed by atoms with Gasteiger partial charge in [0.15, 0.2) is 12.4 Å². The highest BCUT2D eigenvalue weighted by Crippen LogP contribution is 2.13. The summed E-state index contributed by atoms with van der Waals surface area (Å²) in [6.07, 6.45) is 1.37. The van der Waals surface area contributed by atoms with Crippen molar-refractivity contribution < 1.29 is 19.1 Å². The van der Waals surface area contributed by atoms with Crippen LogP contribution in [0.15, 0.2) is 30.5 Å². The van der Waals surface area contributed by atoms with Gasteiger partial charge in [0.2, 0.25) is 0 Å². The van der Waals surface area contributed by atoms with Gasteiger partial charge < -0.3 is 14.8 Å². The van der Waals surface area contributed by atoms with Gasteiger partial charge in [-0.1, -0.05) is 0 Å². The Labute approximate surface area is 133 Å². The maximum atomic E-state index is 12.1. The number of benzene rings is 1. The van der Waals surface area contributed by atoms with E-state index >= 15 is 0 Å². The highest BCUT2D eigenvalue weighted by Gasteiger charge is 2.11. The molecule has 0 spiro atoms. The fourth-order valence-corrected chi connectivity index (χ4v) is 1.81. The van der Waals surface area contributed by atoms with Crippen LogP contribution in [0.1, 0.15) is 24.2 Å². The molecule has 1 N–H and O–H groups in total. The summed E-state index contributed by atoms with van der Waals surface area (Å²) in [6.45, 7) is 4.36. The highest BCUT2D eigenvalue weighted by molar-refractivity contribution is 6.03. The zero-order valence-corrected chi connectivity index (χ0v) is 13.0. The summed E-state index contributed by atoms with van der Waals surface area (Å²) in [7, 11) is 0. The van der Waals surface area contributed by atoms with E-state index in [0.29, 0.717) is 24.5 Å². The summed E-state index contributed by atoms with van der Waals surface area (Å²) in [5, 5.41) is 10.5. The molecule has 0 bridgehead atoms. The number of esters is 1. The first kappa shape index (κ1) is 16.5. The fourth-order valence-electron chi connectivity index (χ4n) is 1.81. The lowest BCUT2D eigenvalue weighted by molar-refractivity contribution is -0.144. The van der Waals surface area contributed by atoms with Crippen molar-refractivity contribution in [3.63, 3.8) is 0 Å². The quantitative estimate of drug-likeness (QED) is 0.777. The van der Waals surface area contributed by atoms with Gasteiger partial charge in [-0.2, -0.15) is 9.90 Å². The minimum absolute atomic E-state index is 0.104. The van der Waals surface area contributed by atoms with Crippen LogP contribution >= 0.6 is 0 Å². The third-order valence-electron chi connectivity index (χ3n) is 2.78. The molecular formula is C15H18N4O4. The van der Waals surface area contributed by atoms with Gasteiger partial charge in [0, 0.05) is 5.56 Å². The first-order valence-corrected chi connectivity index (χ1v) is 7.22. The molecule has 1 amide bonds. The Morgan fingerprint density at radius 2 is 1.91 bits per heavy atom. The topological polar surface area (TPSA) is 95.3 Å². The number of amides is 1. The number of hydrogen-bond acceptors (Lipinski definition) is 6. The van der Waals surface area contributed by atoms with Gasteiger partial charge in [-0.25, -0.2) is 4.79 Å². The van der Waals surface area contributed by atoms with Gasteiger partial charge in [0.1, 0.15) is 5.75 Å². The number of ether oxygens (including phenoxy) is 2. The van der Waals surface area contributed by atoms with Crippen LogP contribution in [0, 0.1) is 0 Å².